The Morgan fingerprint density at radius 3 is 2.94 bits per heavy atom. The molecule has 3 unspecified atom stereocenters. The maximum Gasteiger partial charge on any atom is 0.226 e. The van der Waals surface area contributed by atoms with Crippen molar-refractivity contribution in [3.63, 3.8) is 0 Å². The number of hydrogen-bond donors (Lipinski definition) is 2. The first kappa shape index (κ1) is 13.5. The molecule has 1 heterocycles. The van der Waals surface area contributed by atoms with E-state index in [4.69, 9.17) is 0 Å². The summed E-state index contributed by atoms with van der Waals surface area (Å²) in [7, 11) is 0. The van der Waals surface area contributed by atoms with Gasteiger partial charge in [0.25, 0.3) is 0 Å². The number of aromatic nitrogens is 1. The average Bonchev–Trinajstić information content (AvgIpc) is 2.99. The Morgan fingerprint density at radius 1 is 1.67 bits per heavy atom. The van der Waals surface area contributed by atoms with E-state index < -0.39 is 11.6 Å². The lowest BCUT2D eigenvalue weighted by Gasteiger charge is -2.29. The van der Waals surface area contributed by atoms with E-state index in [1.165, 1.54) is 0 Å². The summed E-state index contributed by atoms with van der Waals surface area (Å²) < 4.78 is 0. The van der Waals surface area contributed by atoms with Crippen molar-refractivity contribution < 1.29 is 9.90 Å². The number of carbonyl (C=O) groups excluding carboxylic acids is 1. The molecular weight excluding hydrogens is 248 g/mol. The highest BCUT2D eigenvalue weighted by Gasteiger charge is 2.36. The minimum atomic E-state index is -0.484. The Bertz CT molecular complexity index is 407. The number of nitrogens with one attached hydrogen (secondary N) is 1. The Hall–Kier alpha value is -0.940. The quantitative estimate of drug-likeness (QED) is 0.878. The topological polar surface area (TPSA) is 62.2 Å². The Morgan fingerprint density at radius 2 is 2.44 bits per heavy atom. The molecule has 0 aliphatic heterocycles. The van der Waals surface area contributed by atoms with E-state index >= 15 is 0 Å². The summed E-state index contributed by atoms with van der Waals surface area (Å²) in [5, 5.41) is 15.7. The van der Waals surface area contributed by atoms with E-state index in [0.717, 1.165) is 30.7 Å². The molecule has 4 nitrogen and oxygen atoms in total. The van der Waals surface area contributed by atoms with Crippen LogP contribution in [0.15, 0.2) is 11.6 Å². The summed E-state index contributed by atoms with van der Waals surface area (Å²) >= 11 is 1.55. The van der Waals surface area contributed by atoms with Crippen LogP contribution in [0.5, 0.6) is 0 Å². The first-order valence-corrected chi connectivity index (χ1v) is 7.35. The van der Waals surface area contributed by atoms with Crippen molar-refractivity contribution in [2.24, 2.45) is 5.92 Å². The van der Waals surface area contributed by atoms with E-state index in [9.17, 15) is 9.90 Å². The zero-order valence-corrected chi connectivity index (χ0v) is 11.7. The monoisotopic (exact) mass is 268 g/mol. The van der Waals surface area contributed by atoms with E-state index in [0.29, 0.717) is 0 Å². The molecule has 100 valence electrons. The molecule has 0 bridgehead atoms. The number of carbonyl (C=O) groups is 1. The standard InChI is InChI=1S/C13H20N2O2S/c1-3-13(2,12-14-7-8-18-12)15-11(17)9-5-4-6-10(9)16/h7-10,16H,3-6H2,1-2H3,(H,15,17). The van der Waals surface area contributed by atoms with Crippen molar-refractivity contribution in [1.82, 2.24) is 10.3 Å². The first-order chi connectivity index (χ1) is 8.57. The molecule has 1 aliphatic rings. The highest BCUT2D eigenvalue weighted by atomic mass is 32.1. The molecule has 1 fully saturated rings. The molecule has 2 rings (SSSR count). The molecule has 1 aromatic rings. The molecule has 0 spiro atoms. The van der Waals surface area contributed by atoms with Crippen LogP contribution in [0.2, 0.25) is 0 Å². The molecule has 3 atom stereocenters. The SMILES string of the molecule is CCC(C)(NC(=O)C1CCCC1O)c1nccs1. The maximum absolute atomic E-state index is 12.2. The first-order valence-electron chi connectivity index (χ1n) is 6.47. The van der Waals surface area contributed by atoms with Gasteiger partial charge in [0.2, 0.25) is 5.91 Å². The molecule has 18 heavy (non-hydrogen) atoms. The third-order valence-corrected chi connectivity index (χ3v) is 4.86. The fourth-order valence-corrected chi connectivity index (χ4v) is 3.23. The van der Waals surface area contributed by atoms with Crippen LogP contribution in [0.1, 0.15) is 44.5 Å². The number of nitrogens with zero attached hydrogens (tertiary/aromatic N) is 1. The van der Waals surface area contributed by atoms with E-state index in [-0.39, 0.29) is 11.8 Å². The summed E-state index contributed by atoms with van der Waals surface area (Å²) in [4.78, 5) is 16.5. The van der Waals surface area contributed by atoms with Crippen molar-refractivity contribution in [3.8, 4) is 0 Å². The normalized spacial score (nSPS) is 26.8. The maximum atomic E-state index is 12.2. The van der Waals surface area contributed by atoms with Crippen LogP contribution in [0.4, 0.5) is 0 Å². The number of rotatable bonds is 4. The number of hydrogen-bond acceptors (Lipinski definition) is 4. The van der Waals surface area contributed by atoms with Gasteiger partial charge in [0, 0.05) is 11.6 Å². The zero-order chi connectivity index (χ0) is 13.2. The van der Waals surface area contributed by atoms with Gasteiger partial charge in [-0.05, 0) is 32.6 Å². The van der Waals surface area contributed by atoms with Crippen molar-refractivity contribution in [3.05, 3.63) is 16.6 Å². The van der Waals surface area contributed by atoms with Gasteiger partial charge in [-0.25, -0.2) is 4.98 Å². The number of amides is 1. The minimum Gasteiger partial charge on any atom is -0.392 e. The number of aliphatic hydroxyl groups excluding tert-OH is 1. The summed E-state index contributed by atoms with van der Waals surface area (Å²) in [6, 6.07) is 0. The average molecular weight is 268 g/mol. The van der Waals surface area contributed by atoms with Gasteiger partial charge in [-0.2, -0.15) is 0 Å². The van der Waals surface area contributed by atoms with Gasteiger partial charge in [0.1, 0.15) is 5.01 Å². The van der Waals surface area contributed by atoms with Gasteiger partial charge < -0.3 is 10.4 Å². The summed E-state index contributed by atoms with van der Waals surface area (Å²) in [5.41, 5.74) is -0.423. The van der Waals surface area contributed by atoms with E-state index in [2.05, 4.69) is 10.3 Å². The van der Waals surface area contributed by atoms with Crippen LogP contribution in [-0.4, -0.2) is 22.1 Å². The Labute approximate surface area is 111 Å². The predicted octanol–water partition coefficient (Wildman–Crippen LogP) is 2.05. The highest BCUT2D eigenvalue weighted by Crippen LogP contribution is 2.30. The fourth-order valence-electron chi connectivity index (χ4n) is 2.40. The van der Waals surface area contributed by atoms with Crippen molar-refractivity contribution in [2.45, 2.75) is 51.2 Å². The van der Waals surface area contributed by atoms with Gasteiger partial charge in [0.05, 0.1) is 17.6 Å². The molecule has 0 aromatic carbocycles. The van der Waals surface area contributed by atoms with E-state index in [1.54, 1.807) is 17.5 Å². The molecule has 2 N–H and O–H groups in total. The highest BCUT2D eigenvalue weighted by molar-refractivity contribution is 7.09. The summed E-state index contributed by atoms with van der Waals surface area (Å²) in [6.07, 6.45) is 4.50. The largest absolute Gasteiger partial charge is 0.392 e. The van der Waals surface area contributed by atoms with Crippen LogP contribution < -0.4 is 5.32 Å². The molecule has 5 heteroatoms. The zero-order valence-electron chi connectivity index (χ0n) is 10.8. The summed E-state index contributed by atoms with van der Waals surface area (Å²) in [5.74, 6) is -0.296. The van der Waals surface area contributed by atoms with Crippen molar-refractivity contribution in [2.75, 3.05) is 0 Å². The Kier molecular flexibility index (Phi) is 4.02. The molecule has 1 amide bonds. The van der Waals surface area contributed by atoms with Crippen LogP contribution in [0, 0.1) is 5.92 Å². The molecular formula is C13H20N2O2S. The van der Waals surface area contributed by atoms with Crippen LogP contribution in [0.25, 0.3) is 0 Å². The third kappa shape index (κ3) is 2.57. The van der Waals surface area contributed by atoms with Crippen molar-refractivity contribution in [1.29, 1.82) is 0 Å². The molecule has 1 aromatic heterocycles. The van der Waals surface area contributed by atoms with Gasteiger partial charge in [0.15, 0.2) is 0 Å². The number of thiazole rings is 1. The molecule has 1 saturated carbocycles. The lowest BCUT2D eigenvalue weighted by molar-refractivity contribution is -0.129. The van der Waals surface area contributed by atoms with Crippen LogP contribution in [-0.2, 0) is 10.3 Å². The van der Waals surface area contributed by atoms with E-state index in [1.807, 2.05) is 19.2 Å². The second-order valence-corrected chi connectivity index (χ2v) is 6.01. The van der Waals surface area contributed by atoms with Crippen LogP contribution >= 0.6 is 11.3 Å². The second-order valence-electron chi connectivity index (χ2n) is 5.12. The Balaban J connectivity index is 2.09. The number of aliphatic hydroxyl groups is 1. The van der Waals surface area contributed by atoms with Gasteiger partial charge in [-0.1, -0.05) is 6.92 Å². The van der Waals surface area contributed by atoms with Gasteiger partial charge in [-0.15, -0.1) is 11.3 Å². The second kappa shape index (κ2) is 5.36. The van der Waals surface area contributed by atoms with Gasteiger partial charge >= 0.3 is 0 Å². The third-order valence-electron chi connectivity index (χ3n) is 3.83. The molecule has 1 aliphatic carbocycles. The minimum absolute atomic E-state index is 0.0421. The lowest BCUT2D eigenvalue weighted by Crippen LogP contribution is -2.47. The smallest absolute Gasteiger partial charge is 0.226 e. The van der Waals surface area contributed by atoms with Gasteiger partial charge in [-0.3, -0.25) is 4.79 Å². The predicted molar refractivity (Wildman–Crippen MR) is 71.2 cm³/mol. The van der Waals surface area contributed by atoms with Crippen LogP contribution in [0.3, 0.4) is 0 Å². The molecule has 0 radical (unpaired) electrons. The summed E-state index contributed by atoms with van der Waals surface area (Å²) in [6.45, 7) is 4.03. The van der Waals surface area contributed by atoms with Crippen molar-refractivity contribution >= 4 is 17.2 Å². The molecule has 0 saturated heterocycles. The fraction of sp³-hybridized carbons (Fsp3) is 0.692. The lowest BCUT2D eigenvalue weighted by atomic mass is 9.97.